The minimum atomic E-state index is -4.10. The molecule has 1 aromatic carbocycles. The Labute approximate surface area is 181 Å². The van der Waals surface area contributed by atoms with Crippen molar-refractivity contribution in [3.05, 3.63) is 35.5 Å². The van der Waals surface area contributed by atoms with Crippen LogP contribution in [-0.4, -0.2) is 82.6 Å². The largest absolute Gasteiger partial charge is 0.497 e. The van der Waals surface area contributed by atoms with Crippen LogP contribution in [0, 0.1) is 0 Å². The molecule has 0 saturated carbocycles. The number of carbonyl (C=O) groups is 1. The number of likely N-dealkylation sites (N-methyl/N-ethyl adjacent to an activating group) is 1. The van der Waals surface area contributed by atoms with Gasteiger partial charge in [-0.1, -0.05) is 0 Å². The van der Waals surface area contributed by atoms with Crippen molar-refractivity contribution in [2.75, 3.05) is 47.6 Å². The number of carbonyl (C=O) groups excluding carboxylic acids is 1. The molecule has 2 fully saturated rings. The fraction of sp³-hybridized carbons (Fsp3) is 0.500. The van der Waals surface area contributed by atoms with Crippen molar-refractivity contribution in [1.82, 2.24) is 9.21 Å². The van der Waals surface area contributed by atoms with E-state index in [4.69, 9.17) is 18.9 Å². The molecule has 0 aliphatic carbocycles. The lowest BCUT2D eigenvalue weighted by atomic mass is 10.0. The topological polar surface area (TPSA) is 107 Å². The van der Waals surface area contributed by atoms with Crippen LogP contribution in [-0.2, 0) is 24.5 Å². The number of methoxy groups -OCH3 is 2. The molecule has 0 radical (unpaired) electrons. The lowest BCUT2D eigenvalue weighted by molar-refractivity contribution is -0.186. The second kappa shape index (κ2) is 8.13. The lowest BCUT2D eigenvalue weighted by Gasteiger charge is -2.38. The molecule has 3 heterocycles. The zero-order valence-electron chi connectivity index (χ0n) is 17.7. The van der Waals surface area contributed by atoms with Gasteiger partial charge in [0.1, 0.15) is 17.2 Å². The first-order chi connectivity index (χ1) is 14.8. The van der Waals surface area contributed by atoms with Crippen LogP contribution >= 0.6 is 0 Å². The molecular formula is C20H25N3O7S. The Morgan fingerprint density at radius 2 is 1.81 bits per heavy atom. The molecule has 3 aliphatic rings. The first-order valence-electron chi connectivity index (χ1n) is 9.89. The summed E-state index contributed by atoms with van der Waals surface area (Å²) in [5.41, 5.74) is 0.529. The van der Waals surface area contributed by atoms with E-state index in [1.54, 1.807) is 23.1 Å². The fourth-order valence-electron chi connectivity index (χ4n) is 3.89. The van der Waals surface area contributed by atoms with E-state index in [2.05, 4.69) is 4.40 Å². The number of piperidine rings is 1. The third kappa shape index (κ3) is 4.00. The first kappa shape index (κ1) is 21.6. The number of amides is 1. The predicted octanol–water partition coefficient (Wildman–Crippen LogP) is 0.933. The fourth-order valence-corrected chi connectivity index (χ4v) is 4.79. The molecule has 10 nitrogen and oxygen atoms in total. The van der Waals surface area contributed by atoms with Crippen LogP contribution in [0.4, 0.5) is 0 Å². The Balaban J connectivity index is 1.65. The first-order valence-corrected chi connectivity index (χ1v) is 11.3. The van der Waals surface area contributed by atoms with Gasteiger partial charge in [-0.05, 0) is 24.3 Å². The van der Waals surface area contributed by atoms with Crippen molar-refractivity contribution in [2.24, 2.45) is 4.40 Å². The summed E-state index contributed by atoms with van der Waals surface area (Å²) in [6.45, 7) is 1.89. The maximum atomic E-state index is 13.3. The number of ether oxygens (including phenoxy) is 4. The van der Waals surface area contributed by atoms with Gasteiger partial charge in [-0.2, -0.15) is 8.42 Å². The molecule has 1 amide bonds. The van der Waals surface area contributed by atoms with Gasteiger partial charge in [0.25, 0.3) is 5.91 Å². The lowest BCUT2D eigenvalue weighted by Crippen LogP contribution is -2.49. The quantitative estimate of drug-likeness (QED) is 0.670. The highest BCUT2D eigenvalue weighted by atomic mass is 32.2. The Morgan fingerprint density at radius 1 is 1.13 bits per heavy atom. The van der Waals surface area contributed by atoms with Crippen LogP contribution < -0.4 is 9.47 Å². The third-order valence-corrected chi connectivity index (χ3v) is 7.02. The molecule has 168 valence electrons. The molecule has 31 heavy (non-hydrogen) atoms. The molecule has 2 saturated heterocycles. The van der Waals surface area contributed by atoms with Gasteiger partial charge < -0.3 is 23.8 Å². The highest BCUT2D eigenvalue weighted by Gasteiger charge is 2.42. The number of benzene rings is 1. The summed E-state index contributed by atoms with van der Waals surface area (Å²) in [4.78, 5) is 14.9. The number of allylic oxidation sites excluding steroid dienone is 1. The minimum absolute atomic E-state index is 0.0130. The van der Waals surface area contributed by atoms with Crippen LogP contribution in [0.25, 0.3) is 0 Å². The van der Waals surface area contributed by atoms with E-state index >= 15 is 0 Å². The summed E-state index contributed by atoms with van der Waals surface area (Å²) in [7, 11) is 0.196. The highest BCUT2D eigenvalue weighted by molar-refractivity contribution is 7.88. The van der Waals surface area contributed by atoms with Gasteiger partial charge in [-0.3, -0.25) is 4.79 Å². The maximum Gasteiger partial charge on any atom is 0.345 e. The van der Waals surface area contributed by atoms with Crippen molar-refractivity contribution in [1.29, 1.82) is 0 Å². The molecule has 0 N–H and O–H groups in total. The Kier molecular flexibility index (Phi) is 5.67. The van der Waals surface area contributed by atoms with Crippen LogP contribution in [0.15, 0.2) is 34.4 Å². The third-order valence-electron chi connectivity index (χ3n) is 5.70. The Bertz CT molecular complexity index is 1030. The van der Waals surface area contributed by atoms with E-state index in [1.807, 2.05) is 0 Å². The van der Waals surface area contributed by atoms with Crippen molar-refractivity contribution in [3.8, 4) is 11.5 Å². The van der Waals surface area contributed by atoms with Crippen LogP contribution in [0.2, 0.25) is 0 Å². The zero-order chi connectivity index (χ0) is 22.2. The summed E-state index contributed by atoms with van der Waals surface area (Å²) in [5.74, 6) is -0.101. The van der Waals surface area contributed by atoms with Gasteiger partial charge in [0.05, 0.1) is 33.1 Å². The monoisotopic (exact) mass is 451 g/mol. The van der Waals surface area contributed by atoms with Crippen molar-refractivity contribution in [2.45, 2.75) is 18.6 Å². The van der Waals surface area contributed by atoms with Gasteiger partial charge in [0.15, 0.2) is 5.79 Å². The SMILES string of the molecule is COc1ccc(OC)c(C2=NS(=O)(=O)N(C)C(C(=O)N3CCC4(CC3)OCCO4)=C2)c1. The van der Waals surface area contributed by atoms with Crippen molar-refractivity contribution < 1.29 is 32.2 Å². The van der Waals surface area contributed by atoms with E-state index < -0.39 is 21.9 Å². The molecule has 0 unspecified atom stereocenters. The average molecular weight is 452 g/mol. The van der Waals surface area contributed by atoms with Crippen LogP contribution in [0.1, 0.15) is 18.4 Å². The normalized spacial score (nSPS) is 22.2. The molecule has 1 aromatic rings. The summed E-state index contributed by atoms with van der Waals surface area (Å²) < 4.78 is 52.3. The van der Waals surface area contributed by atoms with Crippen LogP contribution in [0.5, 0.6) is 11.5 Å². The molecular weight excluding hydrogens is 426 g/mol. The van der Waals surface area contributed by atoms with Crippen LogP contribution in [0.3, 0.4) is 0 Å². The number of hydrogen-bond acceptors (Lipinski definition) is 7. The number of rotatable bonds is 4. The Morgan fingerprint density at radius 3 is 2.42 bits per heavy atom. The van der Waals surface area contributed by atoms with E-state index in [0.717, 1.165) is 4.31 Å². The van der Waals surface area contributed by atoms with Gasteiger partial charge in [-0.15, -0.1) is 4.40 Å². The highest BCUT2D eigenvalue weighted by Crippen LogP contribution is 2.33. The predicted molar refractivity (Wildman–Crippen MR) is 111 cm³/mol. The van der Waals surface area contributed by atoms with Gasteiger partial charge >= 0.3 is 10.2 Å². The van der Waals surface area contributed by atoms with Crippen molar-refractivity contribution >= 4 is 21.8 Å². The number of hydrogen-bond donors (Lipinski definition) is 0. The zero-order valence-corrected chi connectivity index (χ0v) is 18.5. The average Bonchev–Trinajstić information content (AvgIpc) is 3.23. The summed E-state index contributed by atoms with van der Waals surface area (Å²) in [6.07, 6.45) is 2.54. The van der Waals surface area contributed by atoms with Gasteiger partial charge in [0.2, 0.25) is 0 Å². The number of likely N-dealkylation sites (tertiary alicyclic amines) is 1. The van der Waals surface area contributed by atoms with E-state index in [0.29, 0.717) is 56.2 Å². The van der Waals surface area contributed by atoms with E-state index in [1.165, 1.54) is 27.3 Å². The molecule has 4 rings (SSSR count). The molecule has 0 aromatic heterocycles. The molecule has 0 bridgehead atoms. The summed E-state index contributed by atoms with van der Waals surface area (Å²) >= 11 is 0. The molecule has 0 atom stereocenters. The number of nitrogens with zero attached hydrogens (tertiary/aromatic N) is 3. The molecule has 3 aliphatic heterocycles. The Hall–Kier alpha value is -2.63. The van der Waals surface area contributed by atoms with Crippen molar-refractivity contribution in [3.63, 3.8) is 0 Å². The van der Waals surface area contributed by atoms with Gasteiger partial charge in [-0.25, -0.2) is 4.31 Å². The smallest absolute Gasteiger partial charge is 0.345 e. The van der Waals surface area contributed by atoms with E-state index in [9.17, 15) is 13.2 Å². The molecule has 1 spiro atoms. The standard InChI is InChI=1S/C20H25N3O7S/c1-22-17(19(24)23-8-6-20(7-9-23)29-10-11-30-20)13-16(21-31(22,25)26)15-12-14(27-2)4-5-18(15)28-3/h4-5,12-13H,6-11H2,1-3H3. The summed E-state index contributed by atoms with van der Waals surface area (Å²) in [6, 6.07) is 4.97. The van der Waals surface area contributed by atoms with E-state index in [-0.39, 0.29) is 11.4 Å². The second-order valence-electron chi connectivity index (χ2n) is 7.42. The molecule has 11 heteroatoms. The minimum Gasteiger partial charge on any atom is -0.497 e. The van der Waals surface area contributed by atoms with Gasteiger partial charge in [0, 0.05) is 38.5 Å². The maximum absolute atomic E-state index is 13.3. The summed E-state index contributed by atoms with van der Waals surface area (Å²) in [5, 5.41) is 0. The second-order valence-corrected chi connectivity index (χ2v) is 9.04.